The predicted molar refractivity (Wildman–Crippen MR) is 86.5 cm³/mol. The van der Waals surface area contributed by atoms with Crippen LogP contribution in [0.3, 0.4) is 0 Å². The zero-order chi connectivity index (χ0) is 15.2. The summed E-state index contributed by atoms with van der Waals surface area (Å²) >= 11 is 0. The summed E-state index contributed by atoms with van der Waals surface area (Å²) in [6.45, 7) is 4.21. The van der Waals surface area contributed by atoms with Gasteiger partial charge >= 0.3 is 6.03 Å². The van der Waals surface area contributed by atoms with Gasteiger partial charge in [0.25, 0.3) is 0 Å². The molecule has 0 spiro atoms. The monoisotopic (exact) mass is 296 g/mol. The molecule has 1 aromatic carbocycles. The highest BCUT2D eigenvalue weighted by Crippen LogP contribution is 2.10. The fourth-order valence-electron chi connectivity index (χ4n) is 2.58. The van der Waals surface area contributed by atoms with Gasteiger partial charge in [0.05, 0.1) is 0 Å². The minimum Gasteiger partial charge on any atom is -0.322 e. The van der Waals surface area contributed by atoms with E-state index in [0.717, 1.165) is 32.7 Å². The molecule has 2 aromatic rings. The van der Waals surface area contributed by atoms with Crippen molar-refractivity contribution in [1.29, 1.82) is 0 Å². The first kappa shape index (κ1) is 14.5. The standard InChI is InChI=1S/C17H20N4O/c22-17(19-16-8-4-5-9-18-16)21-12-10-20(11-13-21)14-15-6-2-1-3-7-15/h1-9H,10-14H2,(H,18,19,22). The molecule has 0 aliphatic carbocycles. The molecule has 0 saturated carbocycles. The highest BCUT2D eigenvalue weighted by molar-refractivity contribution is 5.88. The van der Waals surface area contributed by atoms with Crippen molar-refractivity contribution >= 4 is 11.8 Å². The number of anilines is 1. The molecular weight excluding hydrogens is 276 g/mol. The Kier molecular flexibility index (Phi) is 4.65. The Bertz CT molecular complexity index is 595. The summed E-state index contributed by atoms with van der Waals surface area (Å²) in [6, 6.07) is 15.8. The van der Waals surface area contributed by atoms with E-state index in [0.29, 0.717) is 5.82 Å². The average molecular weight is 296 g/mol. The molecule has 1 saturated heterocycles. The van der Waals surface area contributed by atoms with Gasteiger partial charge in [-0.15, -0.1) is 0 Å². The number of amides is 2. The van der Waals surface area contributed by atoms with Crippen molar-refractivity contribution in [3.05, 3.63) is 60.3 Å². The van der Waals surface area contributed by atoms with E-state index in [-0.39, 0.29) is 6.03 Å². The molecule has 22 heavy (non-hydrogen) atoms. The van der Waals surface area contributed by atoms with Crippen molar-refractivity contribution in [2.75, 3.05) is 31.5 Å². The van der Waals surface area contributed by atoms with E-state index < -0.39 is 0 Å². The molecule has 2 amide bonds. The van der Waals surface area contributed by atoms with Crippen LogP contribution < -0.4 is 5.32 Å². The van der Waals surface area contributed by atoms with Crippen LogP contribution in [0.25, 0.3) is 0 Å². The average Bonchev–Trinajstić information content (AvgIpc) is 2.57. The zero-order valence-corrected chi connectivity index (χ0v) is 12.5. The van der Waals surface area contributed by atoms with Gasteiger partial charge in [0.2, 0.25) is 0 Å². The fraction of sp³-hybridized carbons (Fsp3) is 0.294. The van der Waals surface area contributed by atoms with Crippen molar-refractivity contribution < 1.29 is 4.79 Å². The summed E-state index contributed by atoms with van der Waals surface area (Å²) in [5, 5.41) is 2.83. The SMILES string of the molecule is O=C(Nc1ccccn1)N1CCN(Cc2ccccc2)CC1. The Hall–Kier alpha value is -2.40. The van der Waals surface area contributed by atoms with Gasteiger partial charge in [-0.1, -0.05) is 36.4 Å². The number of nitrogens with one attached hydrogen (secondary N) is 1. The van der Waals surface area contributed by atoms with Crippen LogP contribution in [0.4, 0.5) is 10.6 Å². The summed E-state index contributed by atoms with van der Waals surface area (Å²) < 4.78 is 0. The van der Waals surface area contributed by atoms with E-state index in [9.17, 15) is 4.79 Å². The predicted octanol–water partition coefficient (Wildman–Crippen LogP) is 2.43. The minimum absolute atomic E-state index is 0.0712. The number of carbonyl (C=O) groups excluding carboxylic acids is 1. The van der Waals surface area contributed by atoms with Gasteiger partial charge < -0.3 is 4.90 Å². The van der Waals surface area contributed by atoms with Crippen LogP contribution >= 0.6 is 0 Å². The Morgan fingerprint density at radius 3 is 2.41 bits per heavy atom. The van der Waals surface area contributed by atoms with Crippen molar-refractivity contribution in [2.24, 2.45) is 0 Å². The molecule has 1 aromatic heterocycles. The van der Waals surface area contributed by atoms with Gasteiger partial charge in [-0.2, -0.15) is 0 Å². The molecule has 5 nitrogen and oxygen atoms in total. The smallest absolute Gasteiger partial charge is 0.322 e. The molecular formula is C17H20N4O. The lowest BCUT2D eigenvalue weighted by atomic mass is 10.2. The van der Waals surface area contributed by atoms with Crippen LogP contribution in [0.15, 0.2) is 54.7 Å². The molecule has 1 aliphatic heterocycles. The van der Waals surface area contributed by atoms with Crippen LogP contribution in [-0.4, -0.2) is 47.0 Å². The van der Waals surface area contributed by atoms with Crippen molar-refractivity contribution in [3.63, 3.8) is 0 Å². The molecule has 114 valence electrons. The second-order valence-electron chi connectivity index (χ2n) is 5.39. The first-order valence-corrected chi connectivity index (χ1v) is 7.54. The van der Waals surface area contributed by atoms with E-state index >= 15 is 0 Å². The second kappa shape index (κ2) is 7.04. The number of nitrogens with zero attached hydrogens (tertiary/aromatic N) is 3. The number of urea groups is 1. The molecule has 1 N–H and O–H groups in total. The van der Waals surface area contributed by atoms with Crippen LogP contribution in [0.5, 0.6) is 0 Å². The third-order valence-corrected chi connectivity index (χ3v) is 3.81. The maximum atomic E-state index is 12.2. The number of pyridine rings is 1. The van der Waals surface area contributed by atoms with Gasteiger partial charge in [0, 0.05) is 38.9 Å². The number of hydrogen-bond donors (Lipinski definition) is 1. The topological polar surface area (TPSA) is 48.5 Å². The van der Waals surface area contributed by atoms with E-state index in [1.165, 1.54) is 5.56 Å². The van der Waals surface area contributed by atoms with E-state index in [2.05, 4.69) is 39.5 Å². The van der Waals surface area contributed by atoms with Gasteiger partial charge in [-0.25, -0.2) is 9.78 Å². The van der Waals surface area contributed by atoms with Crippen LogP contribution in [-0.2, 0) is 6.54 Å². The van der Waals surface area contributed by atoms with Crippen molar-refractivity contribution in [1.82, 2.24) is 14.8 Å². The second-order valence-corrected chi connectivity index (χ2v) is 5.39. The van der Waals surface area contributed by atoms with Crippen molar-refractivity contribution in [3.8, 4) is 0 Å². The number of piperazine rings is 1. The summed E-state index contributed by atoms with van der Waals surface area (Å²) in [6.07, 6.45) is 1.67. The van der Waals surface area contributed by atoms with E-state index in [1.807, 2.05) is 23.1 Å². The lowest BCUT2D eigenvalue weighted by Gasteiger charge is -2.34. The number of rotatable bonds is 3. The van der Waals surface area contributed by atoms with Crippen LogP contribution in [0, 0.1) is 0 Å². The van der Waals surface area contributed by atoms with Gasteiger partial charge in [-0.05, 0) is 17.7 Å². The fourth-order valence-corrected chi connectivity index (χ4v) is 2.58. The maximum absolute atomic E-state index is 12.2. The molecule has 2 heterocycles. The molecule has 5 heteroatoms. The number of benzene rings is 1. The summed E-state index contributed by atoms with van der Waals surface area (Å²) in [7, 11) is 0. The Morgan fingerprint density at radius 2 is 1.73 bits per heavy atom. The first-order chi connectivity index (χ1) is 10.8. The molecule has 0 radical (unpaired) electrons. The molecule has 0 bridgehead atoms. The largest absolute Gasteiger partial charge is 0.323 e. The molecule has 1 fully saturated rings. The lowest BCUT2D eigenvalue weighted by molar-refractivity contribution is 0.143. The normalized spacial score (nSPS) is 15.5. The van der Waals surface area contributed by atoms with Crippen molar-refractivity contribution in [2.45, 2.75) is 6.54 Å². The zero-order valence-electron chi connectivity index (χ0n) is 12.5. The summed E-state index contributed by atoms with van der Waals surface area (Å²) in [5.41, 5.74) is 1.31. The Balaban J connectivity index is 1.48. The number of carbonyl (C=O) groups is 1. The molecule has 0 unspecified atom stereocenters. The van der Waals surface area contributed by atoms with Gasteiger partial charge in [-0.3, -0.25) is 10.2 Å². The number of aromatic nitrogens is 1. The Labute approximate surface area is 130 Å². The van der Waals surface area contributed by atoms with E-state index in [1.54, 1.807) is 12.3 Å². The molecule has 3 rings (SSSR count). The summed E-state index contributed by atoms with van der Waals surface area (Å²) in [4.78, 5) is 20.5. The Morgan fingerprint density at radius 1 is 1.00 bits per heavy atom. The van der Waals surface area contributed by atoms with Crippen LogP contribution in [0.1, 0.15) is 5.56 Å². The molecule has 1 aliphatic rings. The summed E-state index contributed by atoms with van der Waals surface area (Å²) in [5.74, 6) is 0.596. The van der Waals surface area contributed by atoms with Crippen LogP contribution in [0.2, 0.25) is 0 Å². The third kappa shape index (κ3) is 3.83. The third-order valence-electron chi connectivity index (χ3n) is 3.81. The van der Waals surface area contributed by atoms with E-state index in [4.69, 9.17) is 0 Å². The number of hydrogen-bond acceptors (Lipinski definition) is 3. The quantitative estimate of drug-likeness (QED) is 0.946. The first-order valence-electron chi connectivity index (χ1n) is 7.54. The lowest BCUT2D eigenvalue weighted by Crippen LogP contribution is -2.49. The highest BCUT2D eigenvalue weighted by Gasteiger charge is 2.21. The van der Waals surface area contributed by atoms with Gasteiger partial charge in [0.15, 0.2) is 0 Å². The maximum Gasteiger partial charge on any atom is 0.323 e. The van der Waals surface area contributed by atoms with Gasteiger partial charge in [0.1, 0.15) is 5.82 Å². The molecule has 0 atom stereocenters. The highest BCUT2D eigenvalue weighted by atomic mass is 16.2. The minimum atomic E-state index is -0.0712.